The molecule has 0 bridgehead atoms. The topological polar surface area (TPSA) is 294 Å². The number of carbonyl (C=O) groups is 7. The average Bonchev–Trinajstić information content (AvgIpc) is 2.67. The van der Waals surface area contributed by atoms with Crippen LogP contribution in [-0.2, 0) is 33.6 Å². The van der Waals surface area contributed by atoms with Gasteiger partial charge < -0.3 is 48.5 Å². The minimum Gasteiger partial charge on any atom is -0.481 e. The smallest absolute Gasteiger partial charge is 0.326 e. The predicted molar refractivity (Wildman–Crippen MR) is 103 cm³/mol. The molecular weight excluding hydrogens is 436 g/mol. The van der Waals surface area contributed by atoms with Crippen LogP contribution in [-0.4, -0.2) is 87.6 Å². The molecule has 0 rings (SSSR count). The lowest BCUT2D eigenvalue weighted by molar-refractivity contribution is -0.144. The Hall–Kier alpha value is -3.79. The van der Waals surface area contributed by atoms with E-state index in [0.29, 0.717) is 0 Å². The number of aliphatic hydroxyl groups is 1. The Morgan fingerprint density at radius 3 is 1.59 bits per heavy atom. The number of nitrogens with two attached hydrogens (primary N) is 3. The van der Waals surface area contributed by atoms with Crippen LogP contribution in [0.4, 0.5) is 0 Å². The van der Waals surface area contributed by atoms with E-state index in [2.05, 4.69) is 5.32 Å². The highest BCUT2D eigenvalue weighted by Crippen LogP contribution is 2.00. The van der Waals surface area contributed by atoms with Gasteiger partial charge >= 0.3 is 11.9 Å². The molecule has 4 unspecified atom stereocenters. The summed E-state index contributed by atoms with van der Waals surface area (Å²) in [4.78, 5) is 80.5. The molecule has 0 radical (unpaired) electrons. The third-order valence-electron chi connectivity index (χ3n) is 3.88. The van der Waals surface area contributed by atoms with E-state index in [4.69, 9.17) is 27.4 Å². The summed E-state index contributed by atoms with van der Waals surface area (Å²) in [5.41, 5.74) is 15.4. The van der Waals surface area contributed by atoms with Gasteiger partial charge in [-0.25, -0.2) is 4.79 Å². The second-order valence-electron chi connectivity index (χ2n) is 6.58. The summed E-state index contributed by atoms with van der Waals surface area (Å²) in [6.45, 7) is -0.965. The number of primary amides is 2. The summed E-state index contributed by atoms with van der Waals surface area (Å²) in [5.74, 6) is -8.26. The van der Waals surface area contributed by atoms with Crippen molar-refractivity contribution in [2.24, 2.45) is 17.2 Å². The highest BCUT2D eigenvalue weighted by Gasteiger charge is 2.31. The molecule has 16 nitrogen and oxygen atoms in total. The number of carbonyl (C=O) groups excluding carboxylic acids is 5. The van der Waals surface area contributed by atoms with Gasteiger partial charge in [0.05, 0.1) is 25.5 Å². The van der Waals surface area contributed by atoms with Gasteiger partial charge in [-0.2, -0.15) is 0 Å². The molecule has 12 N–H and O–H groups in total. The summed E-state index contributed by atoms with van der Waals surface area (Å²) >= 11 is 0. The Morgan fingerprint density at radius 1 is 0.719 bits per heavy atom. The Bertz CT molecular complexity index is 758. The van der Waals surface area contributed by atoms with Crippen molar-refractivity contribution in [3.8, 4) is 0 Å². The summed E-state index contributed by atoms with van der Waals surface area (Å²) in [6, 6.07) is -6.44. The molecule has 32 heavy (non-hydrogen) atoms. The zero-order chi connectivity index (χ0) is 25.0. The van der Waals surface area contributed by atoms with Crippen LogP contribution >= 0.6 is 0 Å². The zero-order valence-electron chi connectivity index (χ0n) is 16.8. The quantitative estimate of drug-likeness (QED) is 0.110. The van der Waals surface area contributed by atoms with Crippen molar-refractivity contribution in [3.63, 3.8) is 0 Å². The lowest BCUT2D eigenvalue weighted by atomic mass is 10.1. The summed E-state index contributed by atoms with van der Waals surface area (Å²) in [6.07, 6.45) is -2.25. The van der Waals surface area contributed by atoms with Crippen molar-refractivity contribution in [2.75, 3.05) is 6.61 Å². The van der Waals surface area contributed by atoms with Crippen molar-refractivity contribution >= 4 is 41.5 Å². The van der Waals surface area contributed by atoms with Crippen LogP contribution in [0.1, 0.15) is 25.7 Å². The van der Waals surface area contributed by atoms with E-state index in [0.717, 1.165) is 0 Å². The number of carboxylic acid groups (broad SMARTS) is 2. The first kappa shape index (κ1) is 28.2. The molecular formula is C16H26N6O10. The van der Waals surface area contributed by atoms with E-state index in [-0.39, 0.29) is 6.42 Å². The van der Waals surface area contributed by atoms with Crippen molar-refractivity contribution in [1.29, 1.82) is 0 Å². The van der Waals surface area contributed by atoms with Crippen LogP contribution in [0.5, 0.6) is 0 Å². The Kier molecular flexibility index (Phi) is 11.9. The van der Waals surface area contributed by atoms with Gasteiger partial charge in [-0.15, -0.1) is 0 Å². The molecule has 0 aliphatic carbocycles. The number of rotatable bonds is 15. The molecule has 4 atom stereocenters. The minimum atomic E-state index is -1.76. The monoisotopic (exact) mass is 462 g/mol. The fourth-order valence-electron chi connectivity index (χ4n) is 2.24. The first-order chi connectivity index (χ1) is 14.8. The molecule has 5 amide bonds. The highest BCUT2D eigenvalue weighted by atomic mass is 16.4. The second kappa shape index (κ2) is 13.5. The van der Waals surface area contributed by atoms with Crippen LogP contribution in [0.25, 0.3) is 0 Å². The van der Waals surface area contributed by atoms with E-state index < -0.39 is 91.5 Å². The molecule has 16 heteroatoms. The maximum absolute atomic E-state index is 12.3. The maximum atomic E-state index is 12.3. The van der Waals surface area contributed by atoms with E-state index in [9.17, 15) is 38.7 Å². The van der Waals surface area contributed by atoms with Crippen LogP contribution in [0.2, 0.25) is 0 Å². The number of amides is 5. The predicted octanol–water partition coefficient (Wildman–Crippen LogP) is -5.54. The minimum absolute atomic E-state index is 0.260. The number of aliphatic hydroxyl groups excluding tert-OH is 1. The first-order valence-electron chi connectivity index (χ1n) is 9.07. The molecule has 0 aromatic heterocycles. The molecule has 0 aliphatic rings. The molecule has 0 aromatic carbocycles. The summed E-state index contributed by atoms with van der Waals surface area (Å²) in [5, 5.41) is 33.0. The SMILES string of the molecule is NC(=O)CC(NC(=O)C(CC(N)=O)NC(=O)C(CO)NC(=O)C(N)CCC(=O)O)C(=O)O. The van der Waals surface area contributed by atoms with Gasteiger partial charge in [0.15, 0.2) is 0 Å². The molecule has 0 saturated carbocycles. The highest BCUT2D eigenvalue weighted by molar-refractivity contribution is 5.96. The molecule has 0 fully saturated rings. The van der Waals surface area contributed by atoms with Crippen LogP contribution in [0, 0.1) is 0 Å². The van der Waals surface area contributed by atoms with E-state index >= 15 is 0 Å². The largest absolute Gasteiger partial charge is 0.481 e. The van der Waals surface area contributed by atoms with Crippen molar-refractivity contribution in [3.05, 3.63) is 0 Å². The first-order valence-corrected chi connectivity index (χ1v) is 9.07. The molecule has 0 aliphatic heterocycles. The fraction of sp³-hybridized carbons (Fsp3) is 0.562. The van der Waals surface area contributed by atoms with Crippen LogP contribution in [0.3, 0.4) is 0 Å². The molecule has 0 saturated heterocycles. The van der Waals surface area contributed by atoms with Crippen LogP contribution < -0.4 is 33.2 Å². The second-order valence-corrected chi connectivity index (χ2v) is 6.58. The zero-order valence-corrected chi connectivity index (χ0v) is 16.8. The lowest BCUT2D eigenvalue weighted by Gasteiger charge is -2.23. The van der Waals surface area contributed by atoms with E-state index in [1.807, 2.05) is 10.6 Å². The normalized spacial score (nSPS) is 14.2. The summed E-state index contributed by atoms with van der Waals surface area (Å²) < 4.78 is 0. The van der Waals surface area contributed by atoms with Gasteiger partial charge in [-0.1, -0.05) is 0 Å². The summed E-state index contributed by atoms with van der Waals surface area (Å²) in [7, 11) is 0. The van der Waals surface area contributed by atoms with E-state index in [1.54, 1.807) is 0 Å². The molecule has 180 valence electrons. The lowest BCUT2D eigenvalue weighted by Crippen LogP contribution is -2.58. The van der Waals surface area contributed by atoms with Crippen molar-refractivity contribution in [1.82, 2.24) is 16.0 Å². The third kappa shape index (κ3) is 10.8. The molecule has 0 spiro atoms. The van der Waals surface area contributed by atoms with E-state index in [1.165, 1.54) is 0 Å². The van der Waals surface area contributed by atoms with Gasteiger partial charge in [0.25, 0.3) is 0 Å². The standard InChI is InChI=1S/C16H26N6O10/c17-6(1-2-12(26)27)13(28)22-9(5-23)15(30)20-7(3-10(18)24)14(29)21-8(16(31)32)4-11(19)25/h6-9,23H,1-5,17H2,(H2,18,24)(H2,19,25)(H,20,30)(H,21,29)(H,22,28)(H,26,27)(H,31,32). The fourth-order valence-corrected chi connectivity index (χ4v) is 2.24. The molecule has 0 heterocycles. The number of hydrogen-bond donors (Lipinski definition) is 9. The van der Waals surface area contributed by atoms with Gasteiger partial charge in [0.1, 0.15) is 18.1 Å². The van der Waals surface area contributed by atoms with Gasteiger partial charge in [0.2, 0.25) is 29.5 Å². The third-order valence-corrected chi connectivity index (χ3v) is 3.88. The Labute approximate surface area is 180 Å². The number of aliphatic carboxylic acids is 2. The maximum Gasteiger partial charge on any atom is 0.326 e. The van der Waals surface area contributed by atoms with Crippen LogP contribution in [0.15, 0.2) is 0 Å². The average molecular weight is 462 g/mol. The van der Waals surface area contributed by atoms with Gasteiger partial charge in [-0.3, -0.25) is 28.8 Å². The Morgan fingerprint density at radius 2 is 1.16 bits per heavy atom. The number of hydrogen-bond acceptors (Lipinski definition) is 9. The van der Waals surface area contributed by atoms with Crippen molar-refractivity contribution < 1.29 is 48.9 Å². The number of carboxylic acids is 2. The van der Waals surface area contributed by atoms with Gasteiger partial charge in [0, 0.05) is 6.42 Å². The Balaban J connectivity index is 5.27. The molecule has 0 aromatic rings. The van der Waals surface area contributed by atoms with Crippen molar-refractivity contribution in [2.45, 2.75) is 49.9 Å². The number of nitrogens with one attached hydrogen (secondary N) is 3. The van der Waals surface area contributed by atoms with Gasteiger partial charge in [-0.05, 0) is 6.42 Å².